The van der Waals surface area contributed by atoms with Crippen molar-refractivity contribution in [2.45, 2.75) is 45.9 Å². The van der Waals surface area contributed by atoms with Gasteiger partial charge in [-0.2, -0.15) is 0 Å². The highest BCUT2D eigenvalue weighted by Crippen LogP contribution is 1.97. The quantitative estimate of drug-likeness (QED) is 0.660. The first-order valence-electron chi connectivity index (χ1n) is 5.07. The summed E-state index contributed by atoms with van der Waals surface area (Å²) in [5.41, 5.74) is 0. The molecule has 0 aliphatic carbocycles. The molecule has 0 rings (SSSR count). The Balaban J connectivity index is 3.82. The maximum atomic E-state index is 11.4. The predicted molar refractivity (Wildman–Crippen MR) is 57.2 cm³/mol. The average Bonchev–Trinajstić information content (AvgIpc) is 2.02. The molecule has 0 aromatic rings. The van der Waals surface area contributed by atoms with Crippen LogP contribution in [0.1, 0.15) is 27.7 Å². The van der Waals surface area contributed by atoms with Crippen LogP contribution in [0.5, 0.6) is 0 Å². The molecule has 0 saturated carbocycles. The molecule has 0 fully saturated rings. The highest BCUT2D eigenvalue weighted by atomic mass is 16.5. The normalized spacial score (nSPS) is 15.3. The third-order valence-corrected chi connectivity index (χ3v) is 1.73. The van der Waals surface area contributed by atoms with Gasteiger partial charge < -0.3 is 15.4 Å². The first-order valence-corrected chi connectivity index (χ1v) is 5.07. The van der Waals surface area contributed by atoms with E-state index in [1.807, 2.05) is 27.8 Å². The summed E-state index contributed by atoms with van der Waals surface area (Å²) in [4.78, 5) is 11.4. The van der Waals surface area contributed by atoms with Crippen LogP contribution in [0.3, 0.4) is 0 Å². The van der Waals surface area contributed by atoms with Gasteiger partial charge in [-0.1, -0.05) is 0 Å². The van der Waals surface area contributed by atoms with Crippen molar-refractivity contribution in [3.05, 3.63) is 0 Å². The standard InChI is InChI=1S/C10H22N2O2/c1-7(2)12-10(13)9(4)14-8(3)6-11-5/h7-9,11H,6H2,1-5H3,(H,12,13). The molecule has 2 atom stereocenters. The number of likely N-dealkylation sites (N-methyl/N-ethyl adjacent to an activating group) is 1. The van der Waals surface area contributed by atoms with Gasteiger partial charge in [0.1, 0.15) is 6.10 Å². The molecule has 0 aliphatic rings. The molecule has 0 aromatic heterocycles. The Hall–Kier alpha value is -0.610. The number of hydrogen-bond acceptors (Lipinski definition) is 3. The Morgan fingerprint density at radius 1 is 1.29 bits per heavy atom. The first kappa shape index (κ1) is 13.4. The van der Waals surface area contributed by atoms with E-state index in [4.69, 9.17) is 4.74 Å². The number of ether oxygens (including phenoxy) is 1. The Morgan fingerprint density at radius 2 is 1.86 bits per heavy atom. The molecule has 0 spiro atoms. The lowest BCUT2D eigenvalue weighted by atomic mass is 10.3. The third-order valence-electron chi connectivity index (χ3n) is 1.73. The highest BCUT2D eigenvalue weighted by Gasteiger charge is 2.16. The molecular formula is C10H22N2O2. The maximum Gasteiger partial charge on any atom is 0.249 e. The van der Waals surface area contributed by atoms with Gasteiger partial charge in [-0.05, 0) is 34.7 Å². The molecule has 2 unspecified atom stereocenters. The van der Waals surface area contributed by atoms with E-state index in [9.17, 15) is 4.79 Å². The van der Waals surface area contributed by atoms with Crippen LogP contribution >= 0.6 is 0 Å². The van der Waals surface area contributed by atoms with Crippen molar-refractivity contribution < 1.29 is 9.53 Å². The summed E-state index contributed by atoms with van der Waals surface area (Å²) >= 11 is 0. The fraction of sp³-hybridized carbons (Fsp3) is 0.900. The number of rotatable bonds is 6. The van der Waals surface area contributed by atoms with Gasteiger partial charge in [0.25, 0.3) is 0 Å². The minimum atomic E-state index is -0.388. The van der Waals surface area contributed by atoms with Crippen LogP contribution in [0, 0.1) is 0 Å². The Bertz CT molecular complexity index is 172. The summed E-state index contributed by atoms with van der Waals surface area (Å²) in [6, 6.07) is 0.160. The largest absolute Gasteiger partial charge is 0.364 e. The molecule has 0 heterocycles. The van der Waals surface area contributed by atoms with Gasteiger partial charge >= 0.3 is 0 Å². The minimum Gasteiger partial charge on any atom is -0.364 e. The zero-order chi connectivity index (χ0) is 11.1. The molecule has 0 aliphatic heterocycles. The van der Waals surface area contributed by atoms with Crippen molar-refractivity contribution in [3.63, 3.8) is 0 Å². The lowest BCUT2D eigenvalue weighted by molar-refractivity contribution is -0.135. The van der Waals surface area contributed by atoms with Crippen molar-refractivity contribution in [1.82, 2.24) is 10.6 Å². The molecule has 2 N–H and O–H groups in total. The zero-order valence-electron chi connectivity index (χ0n) is 9.76. The number of amides is 1. The van der Waals surface area contributed by atoms with E-state index in [2.05, 4.69) is 10.6 Å². The molecule has 0 bridgehead atoms. The van der Waals surface area contributed by atoms with Gasteiger partial charge in [-0.15, -0.1) is 0 Å². The van der Waals surface area contributed by atoms with E-state index in [-0.39, 0.29) is 24.2 Å². The SMILES string of the molecule is CNCC(C)OC(C)C(=O)NC(C)C. The molecule has 84 valence electrons. The van der Waals surface area contributed by atoms with Crippen LogP contribution in [-0.4, -0.2) is 37.7 Å². The molecule has 1 amide bonds. The van der Waals surface area contributed by atoms with Crippen molar-refractivity contribution in [2.24, 2.45) is 0 Å². The summed E-state index contributed by atoms with van der Waals surface area (Å²) in [6.45, 7) is 8.32. The smallest absolute Gasteiger partial charge is 0.249 e. The molecule has 0 radical (unpaired) electrons. The zero-order valence-corrected chi connectivity index (χ0v) is 9.76. The average molecular weight is 202 g/mol. The van der Waals surface area contributed by atoms with Gasteiger partial charge in [0.15, 0.2) is 0 Å². The van der Waals surface area contributed by atoms with Crippen molar-refractivity contribution in [1.29, 1.82) is 0 Å². The van der Waals surface area contributed by atoms with Crippen molar-refractivity contribution in [2.75, 3.05) is 13.6 Å². The second kappa shape index (κ2) is 6.79. The fourth-order valence-electron chi connectivity index (χ4n) is 1.15. The van der Waals surface area contributed by atoms with Crippen LogP contribution in [0.2, 0.25) is 0 Å². The molecule has 4 nitrogen and oxygen atoms in total. The lowest BCUT2D eigenvalue weighted by Gasteiger charge is -2.19. The van der Waals surface area contributed by atoms with Crippen LogP contribution in [-0.2, 0) is 9.53 Å². The summed E-state index contributed by atoms with van der Waals surface area (Å²) in [5, 5.41) is 5.80. The van der Waals surface area contributed by atoms with Gasteiger partial charge in [-0.25, -0.2) is 0 Å². The van der Waals surface area contributed by atoms with E-state index in [0.29, 0.717) is 0 Å². The molecular weight excluding hydrogens is 180 g/mol. The number of nitrogens with one attached hydrogen (secondary N) is 2. The van der Waals surface area contributed by atoms with Gasteiger partial charge in [0, 0.05) is 12.6 Å². The predicted octanol–water partition coefficient (Wildman–Crippen LogP) is 0.524. The molecule has 14 heavy (non-hydrogen) atoms. The number of carbonyl (C=O) groups excluding carboxylic acids is 1. The minimum absolute atomic E-state index is 0.0490. The summed E-state index contributed by atoms with van der Waals surface area (Å²) in [5.74, 6) is -0.0528. The van der Waals surface area contributed by atoms with E-state index in [0.717, 1.165) is 6.54 Å². The van der Waals surface area contributed by atoms with Gasteiger partial charge in [0.05, 0.1) is 6.10 Å². The van der Waals surface area contributed by atoms with E-state index in [1.165, 1.54) is 0 Å². The van der Waals surface area contributed by atoms with E-state index >= 15 is 0 Å². The van der Waals surface area contributed by atoms with Gasteiger partial charge in [-0.3, -0.25) is 4.79 Å². The Labute approximate surface area is 86.4 Å². The second-order valence-corrected chi connectivity index (χ2v) is 3.81. The molecule has 0 aromatic carbocycles. The second-order valence-electron chi connectivity index (χ2n) is 3.81. The summed E-state index contributed by atoms with van der Waals surface area (Å²) in [6.07, 6.45) is -0.339. The van der Waals surface area contributed by atoms with Gasteiger partial charge in [0.2, 0.25) is 5.91 Å². The third kappa shape index (κ3) is 5.94. The monoisotopic (exact) mass is 202 g/mol. The van der Waals surface area contributed by atoms with Crippen molar-refractivity contribution in [3.8, 4) is 0 Å². The summed E-state index contributed by atoms with van der Waals surface area (Å²) < 4.78 is 5.48. The number of hydrogen-bond donors (Lipinski definition) is 2. The van der Waals surface area contributed by atoms with Crippen LogP contribution in [0.15, 0.2) is 0 Å². The molecule has 0 saturated heterocycles. The van der Waals surface area contributed by atoms with Crippen LogP contribution in [0.25, 0.3) is 0 Å². The number of carbonyl (C=O) groups is 1. The van der Waals surface area contributed by atoms with E-state index < -0.39 is 0 Å². The lowest BCUT2D eigenvalue weighted by Crippen LogP contribution is -2.41. The van der Waals surface area contributed by atoms with Crippen LogP contribution in [0.4, 0.5) is 0 Å². The first-order chi connectivity index (χ1) is 6.47. The molecule has 4 heteroatoms. The maximum absolute atomic E-state index is 11.4. The Kier molecular flexibility index (Phi) is 6.49. The Morgan fingerprint density at radius 3 is 2.29 bits per heavy atom. The van der Waals surface area contributed by atoms with Crippen LogP contribution < -0.4 is 10.6 Å². The summed E-state index contributed by atoms with van der Waals surface area (Å²) in [7, 11) is 1.86. The van der Waals surface area contributed by atoms with Crippen molar-refractivity contribution >= 4 is 5.91 Å². The topological polar surface area (TPSA) is 50.4 Å². The van der Waals surface area contributed by atoms with E-state index in [1.54, 1.807) is 6.92 Å². The highest BCUT2D eigenvalue weighted by molar-refractivity contribution is 5.80. The fourth-order valence-corrected chi connectivity index (χ4v) is 1.15.